The monoisotopic (exact) mass is 252 g/mol. The zero-order valence-electron chi connectivity index (χ0n) is 12.0. The Kier molecular flexibility index (Phi) is 4.31. The Balaban J connectivity index is 1.80. The van der Waals surface area contributed by atoms with Crippen molar-refractivity contribution in [3.8, 4) is 0 Å². The number of hydrogen-bond donors (Lipinski definition) is 1. The van der Waals surface area contributed by atoms with E-state index in [-0.39, 0.29) is 11.6 Å². The van der Waals surface area contributed by atoms with Gasteiger partial charge in [-0.15, -0.1) is 0 Å². The minimum atomic E-state index is -0.0386. The lowest BCUT2D eigenvalue weighted by atomic mass is 9.86. The molecule has 1 aliphatic carbocycles. The normalized spacial score (nSPS) is 28.6. The van der Waals surface area contributed by atoms with Gasteiger partial charge in [0.25, 0.3) is 0 Å². The van der Waals surface area contributed by atoms with Crippen LogP contribution in [0.1, 0.15) is 65.2 Å². The Labute approximate surface area is 111 Å². The second-order valence-electron chi connectivity index (χ2n) is 6.82. The molecule has 1 saturated heterocycles. The van der Waals surface area contributed by atoms with E-state index in [0.717, 1.165) is 31.7 Å². The highest BCUT2D eigenvalue weighted by molar-refractivity contribution is 5.77. The van der Waals surface area contributed by atoms with Gasteiger partial charge in [-0.1, -0.05) is 32.1 Å². The molecule has 0 aromatic carbocycles. The van der Waals surface area contributed by atoms with Crippen molar-refractivity contribution in [2.75, 3.05) is 6.54 Å². The highest BCUT2D eigenvalue weighted by Gasteiger charge is 2.39. The summed E-state index contributed by atoms with van der Waals surface area (Å²) in [7, 11) is 0. The molecule has 1 unspecified atom stereocenters. The van der Waals surface area contributed by atoms with Crippen molar-refractivity contribution in [3.63, 3.8) is 0 Å². The number of carbonyl (C=O) groups is 1. The molecule has 1 heterocycles. The zero-order valence-corrected chi connectivity index (χ0v) is 12.0. The second-order valence-corrected chi connectivity index (χ2v) is 6.82. The molecule has 3 nitrogen and oxygen atoms in total. The molecule has 0 spiro atoms. The van der Waals surface area contributed by atoms with Crippen LogP contribution in [-0.2, 0) is 4.79 Å². The second kappa shape index (κ2) is 5.60. The van der Waals surface area contributed by atoms with E-state index in [1.54, 1.807) is 0 Å². The molecule has 2 fully saturated rings. The molecule has 0 aromatic heterocycles. The van der Waals surface area contributed by atoms with Gasteiger partial charge in [0.05, 0.1) is 0 Å². The summed E-state index contributed by atoms with van der Waals surface area (Å²) in [6.07, 6.45) is 9.51. The maximum atomic E-state index is 12.3. The molecule has 2 N–H and O–H groups in total. The summed E-state index contributed by atoms with van der Waals surface area (Å²) in [5.41, 5.74) is 5.94. The fourth-order valence-corrected chi connectivity index (χ4v) is 3.68. The Bertz CT molecular complexity index is 295. The third-order valence-corrected chi connectivity index (χ3v) is 4.70. The lowest BCUT2D eigenvalue weighted by Gasteiger charge is -2.32. The Morgan fingerprint density at radius 1 is 1.28 bits per heavy atom. The molecule has 1 amide bonds. The van der Waals surface area contributed by atoms with Gasteiger partial charge in [0.15, 0.2) is 0 Å². The summed E-state index contributed by atoms with van der Waals surface area (Å²) in [4.78, 5) is 14.3. The van der Waals surface area contributed by atoms with Crippen molar-refractivity contribution in [2.45, 2.75) is 76.8 Å². The van der Waals surface area contributed by atoms with E-state index in [1.165, 1.54) is 32.1 Å². The summed E-state index contributed by atoms with van der Waals surface area (Å²) < 4.78 is 0. The molecule has 1 atom stereocenters. The van der Waals surface area contributed by atoms with Crippen LogP contribution in [0.25, 0.3) is 0 Å². The van der Waals surface area contributed by atoms with E-state index in [1.807, 2.05) is 4.90 Å². The van der Waals surface area contributed by atoms with Crippen LogP contribution in [0.4, 0.5) is 0 Å². The Morgan fingerprint density at radius 2 is 1.94 bits per heavy atom. The smallest absolute Gasteiger partial charge is 0.223 e. The number of likely N-dealkylation sites (tertiary alicyclic amines) is 1. The molecule has 104 valence electrons. The number of nitrogens with two attached hydrogens (primary N) is 1. The molecule has 2 rings (SSSR count). The van der Waals surface area contributed by atoms with Crippen molar-refractivity contribution in [1.82, 2.24) is 4.90 Å². The topological polar surface area (TPSA) is 46.3 Å². The maximum Gasteiger partial charge on any atom is 0.223 e. The predicted octanol–water partition coefficient (Wildman–Crippen LogP) is 2.69. The summed E-state index contributed by atoms with van der Waals surface area (Å²) in [6, 6.07) is 0.165. The Hall–Kier alpha value is -0.570. The quantitative estimate of drug-likeness (QED) is 0.839. The number of rotatable bonds is 3. The van der Waals surface area contributed by atoms with Crippen molar-refractivity contribution in [1.29, 1.82) is 0 Å². The van der Waals surface area contributed by atoms with Crippen LogP contribution in [0.3, 0.4) is 0 Å². The average molecular weight is 252 g/mol. The first-order valence-electron chi connectivity index (χ1n) is 7.55. The first-order valence-corrected chi connectivity index (χ1v) is 7.55. The van der Waals surface area contributed by atoms with Crippen molar-refractivity contribution in [3.05, 3.63) is 0 Å². The standard InChI is InChI=1S/C15H28N2O/c1-15(2)10-13(16)11-17(15)14(18)9-8-12-6-4-3-5-7-12/h12-13H,3-11,16H2,1-2H3. The third-order valence-electron chi connectivity index (χ3n) is 4.70. The third kappa shape index (κ3) is 3.25. The Morgan fingerprint density at radius 3 is 2.50 bits per heavy atom. The van der Waals surface area contributed by atoms with Crippen LogP contribution in [0, 0.1) is 5.92 Å². The van der Waals surface area contributed by atoms with Gasteiger partial charge in [0.2, 0.25) is 5.91 Å². The van der Waals surface area contributed by atoms with Crippen LogP contribution in [0.5, 0.6) is 0 Å². The van der Waals surface area contributed by atoms with E-state index in [0.29, 0.717) is 5.91 Å². The van der Waals surface area contributed by atoms with Crippen LogP contribution in [0.15, 0.2) is 0 Å². The van der Waals surface area contributed by atoms with Gasteiger partial charge in [-0.3, -0.25) is 4.79 Å². The lowest BCUT2D eigenvalue weighted by molar-refractivity contribution is -0.134. The summed E-state index contributed by atoms with van der Waals surface area (Å²) >= 11 is 0. The number of nitrogens with zero attached hydrogens (tertiary/aromatic N) is 1. The number of carbonyl (C=O) groups excluding carboxylic acids is 1. The van der Waals surface area contributed by atoms with Crippen LogP contribution < -0.4 is 5.73 Å². The van der Waals surface area contributed by atoms with E-state index in [9.17, 15) is 4.79 Å². The van der Waals surface area contributed by atoms with Crippen molar-refractivity contribution >= 4 is 5.91 Å². The maximum absolute atomic E-state index is 12.3. The lowest BCUT2D eigenvalue weighted by Crippen LogP contribution is -2.42. The van der Waals surface area contributed by atoms with Gasteiger partial charge < -0.3 is 10.6 Å². The number of hydrogen-bond acceptors (Lipinski definition) is 2. The van der Waals surface area contributed by atoms with Crippen LogP contribution in [0.2, 0.25) is 0 Å². The van der Waals surface area contributed by atoms with E-state index in [4.69, 9.17) is 5.73 Å². The first-order chi connectivity index (χ1) is 8.49. The molecule has 0 bridgehead atoms. The van der Waals surface area contributed by atoms with E-state index in [2.05, 4.69) is 13.8 Å². The predicted molar refractivity (Wildman–Crippen MR) is 74.2 cm³/mol. The molecular formula is C15H28N2O. The van der Waals surface area contributed by atoms with Gasteiger partial charge in [-0.2, -0.15) is 0 Å². The highest BCUT2D eigenvalue weighted by atomic mass is 16.2. The summed E-state index contributed by atoms with van der Waals surface area (Å²) in [5, 5.41) is 0. The summed E-state index contributed by atoms with van der Waals surface area (Å²) in [5.74, 6) is 1.11. The average Bonchev–Trinajstić information content (AvgIpc) is 2.61. The molecule has 1 saturated carbocycles. The largest absolute Gasteiger partial charge is 0.336 e. The zero-order chi connectivity index (χ0) is 13.2. The minimum absolute atomic E-state index is 0.0386. The summed E-state index contributed by atoms with van der Waals surface area (Å²) in [6.45, 7) is 5.02. The molecular weight excluding hydrogens is 224 g/mol. The van der Waals surface area contributed by atoms with Gasteiger partial charge in [-0.05, 0) is 32.6 Å². The molecule has 0 aromatic rings. The fraction of sp³-hybridized carbons (Fsp3) is 0.933. The molecule has 2 aliphatic rings. The minimum Gasteiger partial charge on any atom is -0.336 e. The van der Waals surface area contributed by atoms with E-state index >= 15 is 0 Å². The van der Waals surface area contributed by atoms with Crippen LogP contribution in [-0.4, -0.2) is 28.9 Å². The SMILES string of the molecule is CC1(C)CC(N)CN1C(=O)CCC1CCCCC1. The first kappa shape index (κ1) is 13.9. The fourth-order valence-electron chi connectivity index (χ4n) is 3.68. The van der Waals surface area contributed by atoms with Crippen LogP contribution >= 0.6 is 0 Å². The van der Waals surface area contributed by atoms with Gasteiger partial charge in [0, 0.05) is 24.5 Å². The molecule has 0 radical (unpaired) electrons. The molecule has 18 heavy (non-hydrogen) atoms. The number of amides is 1. The van der Waals surface area contributed by atoms with Crippen molar-refractivity contribution in [2.24, 2.45) is 11.7 Å². The van der Waals surface area contributed by atoms with E-state index < -0.39 is 0 Å². The highest BCUT2D eigenvalue weighted by Crippen LogP contribution is 2.31. The van der Waals surface area contributed by atoms with Gasteiger partial charge in [0.1, 0.15) is 0 Å². The van der Waals surface area contributed by atoms with Gasteiger partial charge >= 0.3 is 0 Å². The van der Waals surface area contributed by atoms with Gasteiger partial charge in [-0.25, -0.2) is 0 Å². The molecule has 3 heteroatoms. The van der Waals surface area contributed by atoms with Crippen molar-refractivity contribution < 1.29 is 4.79 Å². The molecule has 1 aliphatic heterocycles.